The number of hydrogen-bond donors (Lipinski definition) is 1. The molecule has 0 aliphatic rings. The third-order valence-electron chi connectivity index (χ3n) is 1.48. The van der Waals surface area contributed by atoms with Gasteiger partial charge in [-0.25, -0.2) is 4.98 Å². The molecular formula is C9H14N3. The van der Waals surface area contributed by atoms with E-state index in [4.69, 9.17) is 0 Å². The maximum Gasteiger partial charge on any atom is 0.125 e. The molecule has 1 aromatic rings. The maximum atomic E-state index is 4.09. The topological polar surface area (TPSA) is 28.2 Å². The summed E-state index contributed by atoms with van der Waals surface area (Å²) in [5, 5.41) is 3.20. The minimum atomic E-state index is 0.913. The average Bonchev–Trinajstić information content (AvgIpc) is 2.05. The molecule has 1 heterocycles. The van der Waals surface area contributed by atoms with E-state index >= 15 is 0 Å². The molecule has 0 bridgehead atoms. The molecule has 1 rings (SSSR count). The van der Waals surface area contributed by atoms with Crippen molar-refractivity contribution in [2.75, 3.05) is 32.5 Å². The molecule has 3 heteroatoms. The van der Waals surface area contributed by atoms with Gasteiger partial charge in [0, 0.05) is 25.4 Å². The van der Waals surface area contributed by atoms with Crippen molar-refractivity contribution in [3.63, 3.8) is 0 Å². The van der Waals surface area contributed by atoms with E-state index in [-0.39, 0.29) is 0 Å². The Morgan fingerprint density at radius 1 is 1.58 bits per heavy atom. The highest BCUT2D eigenvalue weighted by molar-refractivity contribution is 5.32. The number of hydrogen-bond acceptors (Lipinski definition) is 3. The van der Waals surface area contributed by atoms with Crippen molar-refractivity contribution in [3.8, 4) is 0 Å². The van der Waals surface area contributed by atoms with E-state index in [1.165, 1.54) is 0 Å². The van der Waals surface area contributed by atoms with Crippen LogP contribution in [0.1, 0.15) is 0 Å². The summed E-state index contributed by atoms with van der Waals surface area (Å²) in [7, 11) is 4.10. The summed E-state index contributed by atoms with van der Waals surface area (Å²) in [6.07, 6.45) is 1.66. The molecule has 0 amide bonds. The highest BCUT2D eigenvalue weighted by Gasteiger charge is 1.91. The van der Waals surface area contributed by atoms with Gasteiger partial charge in [0.1, 0.15) is 5.82 Å². The van der Waals surface area contributed by atoms with E-state index in [2.05, 4.69) is 21.3 Å². The van der Waals surface area contributed by atoms with E-state index in [0.29, 0.717) is 0 Å². The molecule has 1 N–H and O–H groups in total. The van der Waals surface area contributed by atoms with Gasteiger partial charge in [0.2, 0.25) is 0 Å². The Balaban J connectivity index is 2.25. The molecule has 0 aliphatic heterocycles. The first kappa shape index (κ1) is 9.00. The summed E-state index contributed by atoms with van der Waals surface area (Å²) in [6, 6.07) is 6.63. The van der Waals surface area contributed by atoms with E-state index < -0.39 is 0 Å². The summed E-state index contributed by atoms with van der Waals surface area (Å²) in [5.74, 6) is 0.913. The van der Waals surface area contributed by atoms with Gasteiger partial charge in [-0.15, -0.1) is 0 Å². The van der Waals surface area contributed by atoms with Gasteiger partial charge in [0.15, 0.2) is 0 Å². The Kier molecular flexibility index (Phi) is 3.54. The zero-order valence-electron chi connectivity index (χ0n) is 7.54. The average molecular weight is 164 g/mol. The third kappa shape index (κ3) is 3.34. The van der Waals surface area contributed by atoms with Gasteiger partial charge in [0.05, 0.1) is 0 Å². The van der Waals surface area contributed by atoms with Gasteiger partial charge in [-0.05, 0) is 26.2 Å². The Morgan fingerprint density at radius 3 is 3.00 bits per heavy atom. The Morgan fingerprint density at radius 2 is 2.42 bits per heavy atom. The molecule has 0 aliphatic carbocycles. The number of anilines is 1. The highest BCUT2D eigenvalue weighted by Crippen LogP contribution is 1.97. The van der Waals surface area contributed by atoms with Crippen molar-refractivity contribution < 1.29 is 0 Å². The third-order valence-corrected chi connectivity index (χ3v) is 1.48. The van der Waals surface area contributed by atoms with Gasteiger partial charge < -0.3 is 10.2 Å². The zero-order chi connectivity index (χ0) is 8.81. The Bertz CT molecular complexity index is 208. The van der Waals surface area contributed by atoms with Gasteiger partial charge in [-0.1, -0.05) is 0 Å². The van der Waals surface area contributed by atoms with E-state index in [1.807, 2.05) is 26.2 Å². The van der Waals surface area contributed by atoms with Crippen molar-refractivity contribution >= 4 is 5.82 Å². The van der Waals surface area contributed by atoms with Crippen LogP contribution in [0.4, 0.5) is 5.82 Å². The molecule has 0 saturated heterocycles. The van der Waals surface area contributed by atoms with Gasteiger partial charge in [0.25, 0.3) is 0 Å². The van der Waals surface area contributed by atoms with Crippen LogP contribution in [0.2, 0.25) is 0 Å². The molecule has 0 saturated carbocycles. The fourth-order valence-corrected chi connectivity index (χ4v) is 0.832. The summed E-state index contributed by atoms with van der Waals surface area (Å²) in [5.41, 5.74) is 0. The SMILES string of the molecule is CN(C)CCNc1cc[c]cn1. The van der Waals surface area contributed by atoms with Crippen molar-refractivity contribution in [2.45, 2.75) is 0 Å². The fourth-order valence-electron chi connectivity index (χ4n) is 0.832. The predicted molar refractivity (Wildman–Crippen MR) is 50.1 cm³/mol. The smallest absolute Gasteiger partial charge is 0.125 e. The lowest BCUT2D eigenvalue weighted by atomic mass is 10.4. The minimum absolute atomic E-state index is 0.913. The molecule has 1 aromatic heterocycles. The normalized spacial score (nSPS) is 10.2. The number of nitrogens with zero attached hydrogens (tertiary/aromatic N) is 2. The van der Waals surface area contributed by atoms with Crippen LogP contribution < -0.4 is 5.32 Å². The lowest BCUT2D eigenvalue weighted by Gasteiger charge is -2.10. The van der Waals surface area contributed by atoms with Gasteiger partial charge in [-0.3, -0.25) is 0 Å². The second-order valence-electron chi connectivity index (χ2n) is 2.87. The Labute approximate surface area is 73.4 Å². The first-order valence-corrected chi connectivity index (χ1v) is 4.00. The first-order valence-electron chi connectivity index (χ1n) is 4.00. The molecule has 0 aromatic carbocycles. The van der Waals surface area contributed by atoms with Crippen LogP contribution in [0.15, 0.2) is 18.3 Å². The largest absolute Gasteiger partial charge is 0.369 e. The number of rotatable bonds is 4. The van der Waals surface area contributed by atoms with E-state index in [1.54, 1.807) is 6.20 Å². The van der Waals surface area contributed by atoms with Crippen molar-refractivity contribution in [1.29, 1.82) is 0 Å². The molecule has 65 valence electrons. The van der Waals surface area contributed by atoms with Crippen LogP contribution in [0.3, 0.4) is 0 Å². The first-order chi connectivity index (χ1) is 5.79. The molecule has 12 heavy (non-hydrogen) atoms. The van der Waals surface area contributed by atoms with E-state index in [9.17, 15) is 0 Å². The summed E-state index contributed by atoms with van der Waals surface area (Å²) in [4.78, 5) is 6.22. The second kappa shape index (κ2) is 4.72. The maximum absolute atomic E-state index is 4.09. The van der Waals surface area contributed by atoms with Crippen LogP contribution in [-0.4, -0.2) is 37.1 Å². The standard InChI is InChI=1S/C9H14N3/c1-12(2)8-7-11-9-5-3-4-6-10-9/h3,5-6H,7-8H2,1-2H3,(H,10,11). The summed E-state index contributed by atoms with van der Waals surface area (Å²) in [6.45, 7) is 1.93. The number of pyridine rings is 1. The summed E-state index contributed by atoms with van der Waals surface area (Å²) >= 11 is 0. The zero-order valence-corrected chi connectivity index (χ0v) is 7.54. The van der Waals surface area contributed by atoms with Crippen molar-refractivity contribution in [3.05, 3.63) is 24.4 Å². The molecule has 1 radical (unpaired) electrons. The lowest BCUT2D eigenvalue weighted by Crippen LogP contribution is -2.21. The Hall–Kier alpha value is -1.09. The van der Waals surface area contributed by atoms with Crippen molar-refractivity contribution in [2.24, 2.45) is 0 Å². The minimum Gasteiger partial charge on any atom is -0.369 e. The molecule has 0 fully saturated rings. The molecule has 0 spiro atoms. The van der Waals surface area contributed by atoms with Gasteiger partial charge >= 0.3 is 0 Å². The molecule has 0 unspecified atom stereocenters. The highest BCUT2D eigenvalue weighted by atomic mass is 15.1. The second-order valence-corrected chi connectivity index (χ2v) is 2.87. The van der Waals surface area contributed by atoms with Crippen LogP contribution >= 0.6 is 0 Å². The molecule has 0 atom stereocenters. The van der Waals surface area contributed by atoms with Gasteiger partial charge in [-0.2, -0.15) is 0 Å². The number of likely N-dealkylation sites (N-methyl/N-ethyl adjacent to an activating group) is 1. The molecular weight excluding hydrogens is 150 g/mol. The van der Waals surface area contributed by atoms with Crippen LogP contribution in [-0.2, 0) is 0 Å². The quantitative estimate of drug-likeness (QED) is 0.715. The van der Waals surface area contributed by atoms with Crippen LogP contribution in [0.25, 0.3) is 0 Å². The van der Waals surface area contributed by atoms with Crippen molar-refractivity contribution in [1.82, 2.24) is 9.88 Å². The molecule has 3 nitrogen and oxygen atoms in total. The lowest BCUT2D eigenvalue weighted by molar-refractivity contribution is 0.425. The predicted octanol–water partition coefficient (Wildman–Crippen LogP) is 0.855. The summed E-state index contributed by atoms with van der Waals surface area (Å²) < 4.78 is 0. The van der Waals surface area contributed by atoms with E-state index in [0.717, 1.165) is 18.9 Å². The fraction of sp³-hybridized carbons (Fsp3) is 0.444. The monoisotopic (exact) mass is 164 g/mol. The number of aromatic nitrogens is 1. The number of nitrogens with one attached hydrogen (secondary N) is 1. The van der Waals surface area contributed by atoms with Crippen LogP contribution in [0.5, 0.6) is 0 Å². The van der Waals surface area contributed by atoms with Crippen LogP contribution in [0, 0.1) is 6.07 Å².